The van der Waals surface area contributed by atoms with Crippen molar-refractivity contribution in [3.63, 3.8) is 0 Å². The SMILES string of the molecule is CCOC(CC)(CC)C(O)c1cc2cc(Cl)ccc2o1. The van der Waals surface area contributed by atoms with Crippen LogP contribution in [-0.2, 0) is 4.74 Å². The van der Waals surface area contributed by atoms with Gasteiger partial charge in [-0.15, -0.1) is 0 Å². The van der Waals surface area contributed by atoms with Gasteiger partial charge >= 0.3 is 0 Å². The Morgan fingerprint density at radius 3 is 2.55 bits per heavy atom. The molecule has 0 amide bonds. The van der Waals surface area contributed by atoms with Crippen LogP contribution >= 0.6 is 11.6 Å². The maximum Gasteiger partial charge on any atom is 0.140 e. The van der Waals surface area contributed by atoms with E-state index in [1.54, 1.807) is 6.07 Å². The molecular formula is C16H21ClO3. The number of aliphatic hydroxyl groups excluding tert-OH is 1. The highest BCUT2D eigenvalue weighted by molar-refractivity contribution is 6.31. The number of hydrogen-bond donors (Lipinski definition) is 1. The molecule has 2 aromatic rings. The predicted molar refractivity (Wildman–Crippen MR) is 81.1 cm³/mol. The van der Waals surface area contributed by atoms with Crippen LogP contribution in [0.1, 0.15) is 45.5 Å². The Bertz CT molecular complexity index is 572. The molecule has 0 saturated carbocycles. The maximum atomic E-state index is 10.7. The van der Waals surface area contributed by atoms with Gasteiger partial charge < -0.3 is 14.3 Å². The Morgan fingerprint density at radius 1 is 1.25 bits per heavy atom. The van der Waals surface area contributed by atoms with Gasteiger partial charge in [0.25, 0.3) is 0 Å². The minimum absolute atomic E-state index is 0.527. The Kier molecular flexibility index (Phi) is 4.74. The molecular weight excluding hydrogens is 276 g/mol. The highest BCUT2D eigenvalue weighted by Crippen LogP contribution is 2.37. The highest BCUT2D eigenvalue weighted by Gasteiger charge is 2.38. The third-order valence-electron chi connectivity index (χ3n) is 3.89. The van der Waals surface area contributed by atoms with E-state index in [-0.39, 0.29) is 0 Å². The molecule has 1 N–H and O–H groups in total. The van der Waals surface area contributed by atoms with Crippen molar-refractivity contribution in [2.24, 2.45) is 0 Å². The second kappa shape index (κ2) is 6.17. The second-order valence-electron chi connectivity index (χ2n) is 4.94. The van der Waals surface area contributed by atoms with Crippen molar-refractivity contribution in [3.05, 3.63) is 35.0 Å². The van der Waals surface area contributed by atoms with Crippen LogP contribution < -0.4 is 0 Å². The molecule has 1 unspecified atom stereocenters. The molecule has 0 radical (unpaired) electrons. The molecule has 0 fully saturated rings. The van der Waals surface area contributed by atoms with Crippen molar-refractivity contribution >= 4 is 22.6 Å². The first-order valence-electron chi connectivity index (χ1n) is 7.07. The third kappa shape index (κ3) is 2.71. The number of aliphatic hydroxyl groups is 1. The van der Waals surface area contributed by atoms with Crippen LogP contribution in [-0.4, -0.2) is 17.3 Å². The highest BCUT2D eigenvalue weighted by atomic mass is 35.5. The van der Waals surface area contributed by atoms with Gasteiger partial charge in [-0.3, -0.25) is 0 Å². The summed E-state index contributed by atoms with van der Waals surface area (Å²) in [5.74, 6) is 0.527. The molecule has 4 heteroatoms. The molecule has 0 aliphatic rings. The van der Waals surface area contributed by atoms with Crippen molar-refractivity contribution in [2.45, 2.75) is 45.3 Å². The van der Waals surface area contributed by atoms with E-state index in [0.717, 1.165) is 23.8 Å². The van der Waals surface area contributed by atoms with Crippen LogP contribution in [0.2, 0.25) is 5.02 Å². The van der Waals surface area contributed by atoms with E-state index in [4.69, 9.17) is 20.8 Å². The van der Waals surface area contributed by atoms with Gasteiger partial charge in [-0.05, 0) is 44.0 Å². The normalized spacial score (nSPS) is 13.8. The predicted octanol–water partition coefficient (Wildman–Crippen LogP) is 4.71. The van der Waals surface area contributed by atoms with Crippen LogP contribution in [0.5, 0.6) is 0 Å². The Hall–Kier alpha value is -1.03. The van der Waals surface area contributed by atoms with E-state index < -0.39 is 11.7 Å². The largest absolute Gasteiger partial charge is 0.458 e. The summed E-state index contributed by atoms with van der Waals surface area (Å²) in [6.45, 7) is 6.53. The zero-order chi connectivity index (χ0) is 14.8. The first-order valence-corrected chi connectivity index (χ1v) is 7.45. The van der Waals surface area contributed by atoms with Gasteiger partial charge in [-0.1, -0.05) is 25.4 Å². The smallest absolute Gasteiger partial charge is 0.140 e. The summed E-state index contributed by atoms with van der Waals surface area (Å²) in [6, 6.07) is 7.26. The van der Waals surface area contributed by atoms with Gasteiger partial charge in [-0.2, -0.15) is 0 Å². The average molecular weight is 297 g/mol. The fraction of sp³-hybridized carbons (Fsp3) is 0.500. The summed E-state index contributed by atoms with van der Waals surface area (Å²) < 4.78 is 11.6. The van der Waals surface area contributed by atoms with Crippen LogP contribution in [0.3, 0.4) is 0 Å². The lowest BCUT2D eigenvalue weighted by Gasteiger charge is -2.35. The van der Waals surface area contributed by atoms with E-state index >= 15 is 0 Å². The first kappa shape index (κ1) is 15.4. The monoisotopic (exact) mass is 296 g/mol. The van der Waals surface area contributed by atoms with Crippen LogP contribution in [0.4, 0.5) is 0 Å². The molecule has 0 bridgehead atoms. The van der Waals surface area contributed by atoms with Crippen molar-refractivity contribution in [3.8, 4) is 0 Å². The van der Waals surface area contributed by atoms with Crippen molar-refractivity contribution < 1.29 is 14.3 Å². The zero-order valence-corrected chi connectivity index (χ0v) is 12.9. The molecule has 0 aliphatic carbocycles. The summed E-state index contributed by atoms with van der Waals surface area (Å²) >= 11 is 5.97. The molecule has 110 valence electrons. The van der Waals surface area contributed by atoms with Gasteiger partial charge in [0.2, 0.25) is 0 Å². The standard InChI is InChI=1S/C16H21ClO3/c1-4-16(5-2,19-6-3)15(18)14-10-11-9-12(17)7-8-13(11)20-14/h7-10,15,18H,4-6H2,1-3H3. The summed E-state index contributed by atoms with van der Waals surface area (Å²) in [5, 5.41) is 12.2. The average Bonchev–Trinajstić information content (AvgIpc) is 2.87. The molecule has 0 aliphatic heterocycles. The number of benzene rings is 1. The Labute approximate surface area is 124 Å². The third-order valence-corrected chi connectivity index (χ3v) is 4.13. The molecule has 1 atom stereocenters. The summed E-state index contributed by atoms with van der Waals surface area (Å²) in [5.41, 5.74) is 0.118. The topological polar surface area (TPSA) is 42.6 Å². The fourth-order valence-electron chi connectivity index (χ4n) is 2.64. The van der Waals surface area contributed by atoms with Crippen LogP contribution in [0, 0.1) is 0 Å². The fourth-order valence-corrected chi connectivity index (χ4v) is 2.82. The van der Waals surface area contributed by atoms with Crippen molar-refractivity contribution in [2.75, 3.05) is 6.61 Å². The molecule has 2 rings (SSSR count). The van der Waals surface area contributed by atoms with E-state index in [2.05, 4.69) is 0 Å². The summed E-state index contributed by atoms with van der Waals surface area (Å²) in [4.78, 5) is 0. The van der Waals surface area contributed by atoms with Gasteiger partial charge in [0.1, 0.15) is 23.0 Å². The number of fused-ring (bicyclic) bond motifs is 1. The zero-order valence-electron chi connectivity index (χ0n) is 12.1. The first-order chi connectivity index (χ1) is 9.56. The maximum absolute atomic E-state index is 10.7. The Morgan fingerprint density at radius 2 is 1.95 bits per heavy atom. The number of ether oxygens (including phenoxy) is 1. The van der Waals surface area contributed by atoms with E-state index in [9.17, 15) is 5.11 Å². The molecule has 0 saturated heterocycles. The number of rotatable bonds is 6. The molecule has 1 aromatic heterocycles. The van der Waals surface area contributed by atoms with E-state index in [1.807, 2.05) is 39.0 Å². The lowest BCUT2D eigenvalue weighted by molar-refractivity contribution is -0.133. The van der Waals surface area contributed by atoms with Crippen LogP contribution in [0.25, 0.3) is 11.0 Å². The summed E-state index contributed by atoms with van der Waals surface area (Å²) in [7, 11) is 0. The van der Waals surface area contributed by atoms with E-state index in [0.29, 0.717) is 17.4 Å². The minimum atomic E-state index is -0.788. The lowest BCUT2D eigenvalue weighted by atomic mass is 9.88. The van der Waals surface area contributed by atoms with Crippen LogP contribution in [0.15, 0.2) is 28.7 Å². The molecule has 1 aromatic carbocycles. The number of furan rings is 1. The van der Waals surface area contributed by atoms with Gasteiger partial charge in [0.05, 0.1) is 0 Å². The second-order valence-corrected chi connectivity index (χ2v) is 5.37. The van der Waals surface area contributed by atoms with Gasteiger partial charge in [-0.25, -0.2) is 0 Å². The van der Waals surface area contributed by atoms with Gasteiger partial charge in [0, 0.05) is 17.0 Å². The molecule has 3 nitrogen and oxygen atoms in total. The van der Waals surface area contributed by atoms with E-state index in [1.165, 1.54) is 0 Å². The molecule has 1 heterocycles. The number of hydrogen-bond acceptors (Lipinski definition) is 3. The Balaban J connectivity index is 2.40. The van der Waals surface area contributed by atoms with Gasteiger partial charge in [0.15, 0.2) is 0 Å². The van der Waals surface area contributed by atoms with Crippen molar-refractivity contribution in [1.82, 2.24) is 0 Å². The quantitative estimate of drug-likeness (QED) is 0.839. The summed E-state index contributed by atoms with van der Waals surface area (Å²) in [6.07, 6.45) is 0.649. The van der Waals surface area contributed by atoms with Crippen molar-refractivity contribution in [1.29, 1.82) is 0 Å². The minimum Gasteiger partial charge on any atom is -0.458 e. The molecule has 0 spiro atoms. The lowest BCUT2D eigenvalue weighted by Crippen LogP contribution is -2.38. The number of halogens is 1. The molecule has 20 heavy (non-hydrogen) atoms.